The third-order valence-electron chi connectivity index (χ3n) is 2.92. The van der Waals surface area contributed by atoms with Gasteiger partial charge in [0.1, 0.15) is 0 Å². The van der Waals surface area contributed by atoms with Crippen molar-refractivity contribution < 1.29 is 9.53 Å². The average molecular weight is 267 g/mol. The molecule has 1 heterocycles. The van der Waals surface area contributed by atoms with Crippen LogP contribution in [0.2, 0.25) is 0 Å². The molecule has 0 saturated carbocycles. The molecule has 1 aromatic rings. The SMILES string of the molecule is CCOC(=O)CCCCCNc1cn(C)nc1CC. The van der Waals surface area contributed by atoms with Gasteiger partial charge in [-0.05, 0) is 26.2 Å². The summed E-state index contributed by atoms with van der Waals surface area (Å²) in [5.74, 6) is -0.0870. The van der Waals surface area contributed by atoms with Crippen LogP contribution in [0.5, 0.6) is 0 Å². The van der Waals surface area contributed by atoms with E-state index in [0.717, 1.165) is 43.6 Å². The summed E-state index contributed by atoms with van der Waals surface area (Å²) in [4.78, 5) is 11.1. The van der Waals surface area contributed by atoms with Crippen LogP contribution in [0.15, 0.2) is 6.20 Å². The van der Waals surface area contributed by atoms with Crippen LogP contribution in [0.3, 0.4) is 0 Å². The van der Waals surface area contributed by atoms with Crippen LogP contribution in [0.1, 0.15) is 45.2 Å². The highest BCUT2D eigenvalue weighted by Crippen LogP contribution is 2.13. The topological polar surface area (TPSA) is 56.1 Å². The van der Waals surface area contributed by atoms with E-state index in [1.807, 2.05) is 24.9 Å². The van der Waals surface area contributed by atoms with Crippen molar-refractivity contribution in [1.82, 2.24) is 9.78 Å². The molecular weight excluding hydrogens is 242 g/mol. The number of esters is 1. The Morgan fingerprint density at radius 1 is 1.37 bits per heavy atom. The molecule has 0 aliphatic heterocycles. The minimum atomic E-state index is -0.0870. The zero-order valence-electron chi connectivity index (χ0n) is 12.2. The van der Waals surface area contributed by atoms with Gasteiger partial charge in [-0.1, -0.05) is 13.3 Å². The minimum absolute atomic E-state index is 0.0870. The summed E-state index contributed by atoms with van der Waals surface area (Å²) in [7, 11) is 1.93. The summed E-state index contributed by atoms with van der Waals surface area (Å²) < 4.78 is 6.72. The van der Waals surface area contributed by atoms with E-state index in [2.05, 4.69) is 17.3 Å². The largest absolute Gasteiger partial charge is 0.466 e. The van der Waals surface area contributed by atoms with Gasteiger partial charge in [0.2, 0.25) is 0 Å². The van der Waals surface area contributed by atoms with Crippen molar-refractivity contribution in [2.24, 2.45) is 7.05 Å². The molecule has 0 aromatic carbocycles. The van der Waals surface area contributed by atoms with E-state index < -0.39 is 0 Å². The van der Waals surface area contributed by atoms with Gasteiger partial charge in [-0.25, -0.2) is 0 Å². The number of unbranched alkanes of at least 4 members (excludes halogenated alkanes) is 2. The number of anilines is 1. The molecule has 0 fully saturated rings. The maximum atomic E-state index is 11.1. The highest BCUT2D eigenvalue weighted by atomic mass is 16.5. The van der Waals surface area contributed by atoms with Crippen molar-refractivity contribution in [3.8, 4) is 0 Å². The number of ether oxygens (including phenoxy) is 1. The third kappa shape index (κ3) is 5.77. The molecule has 1 rings (SSSR count). The molecule has 1 N–H and O–H groups in total. The van der Waals surface area contributed by atoms with Crippen molar-refractivity contribution in [3.63, 3.8) is 0 Å². The lowest BCUT2D eigenvalue weighted by atomic mass is 10.2. The van der Waals surface area contributed by atoms with Gasteiger partial charge in [0.15, 0.2) is 0 Å². The Bertz CT molecular complexity index is 388. The molecule has 0 atom stereocenters. The molecular formula is C14H25N3O2. The fraction of sp³-hybridized carbons (Fsp3) is 0.714. The molecule has 5 heteroatoms. The van der Waals surface area contributed by atoms with Crippen LogP contribution in [-0.2, 0) is 23.0 Å². The van der Waals surface area contributed by atoms with E-state index in [1.54, 1.807) is 0 Å². The zero-order valence-corrected chi connectivity index (χ0v) is 12.2. The summed E-state index contributed by atoms with van der Waals surface area (Å²) in [5.41, 5.74) is 2.23. The predicted octanol–water partition coefficient (Wildman–Crippen LogP) is 2.52. The van der Waals surface area contributed by atoms with Crippen LogP contribution in [0, 0.1) is 0 Å². The number of aromatic nitrogens is 2. The first-order chi connectivity index (χ1) is 9.17. The minimum Gasteiger partial charge on any atom is -0.466 e. The van der Waals surface area contributed by atoms with Gasteiger partial charge in [0, 0.05) is 26.2 Å². The molecule has 0 unspecified atom stereocenters. The Balaban J connectivity index is 2.12. The van der Waals surface area contributed by atoms with Gasteiger partial charge in [0.25, 0.3) is 0 Å². The van der Waals surface area contributed by atoms with Crippen LogP contribution in [0.4, 0.5) is 5.69 Å². The molecule has 0 saturated heterocycles. The van der Waals surface area contributed by atoms with E-state index in [4.69, 9.17) is 4.74 Å². The van der Waals surface area contributed by atoms with Crippen LogP contribution in [-0.4, -0.2) is 28.9 Å². The number of aryl methyl sites for hydroxylation is 2. The zero-order chi connectivity index (χ0) is 14.1. The second-order valence-corrected chi connectivity index (χ2v) is 4.56. The Morgan fingerprint density at radius 3 is 2.84 bits per heavy atom. The van der Waals surface area contributed by atoms with Gasteiger partial charge in [0.05, 0.1) is 18.0 Å². The van der Waals surface area contributed by atoms with E-state index in [-0.39, 0.29) is 5.97 Å². The lowest BCUT2D eigenvalue weighted by Gasteiger charge is -2.05. The first kappa shape index (κ1) is 15.5. The van der Waals surface area contributed by atoms with Gasteiger partial charge in [-0.2, -0.15) is 5.10 Å². The van der Waals surface area contributed by atoms with E-state index >= 15 is 0 Å². The van der Waals surface area contributed by atoms with Gasteiger partial charge < -0.3 is 10.1 Å². The summed E-state index contributed by atoms with van der Waals surface area (Å²) in [5, 5.41) is 7.78. The Morgan fingerprint density at radius 2 is 2.16 bits per heavy atom. The molecule has 0 radical (unpaired) electrons. The van der Waals surface area contributed by atoms with E-state index in [1.165, 1.54) is 0 Å². The molecule has 0 aliphatic rings. The van der Waals surface area contributed by atoms with Crippen LogP contribution < -0.4 is 5.32 Å². The monoisotopic (exact) mass is 267 g/mol. The third-order valence-corrected chi connectivity index (χ3v) is 2.92. The molecule has 1 aromatic heterocycles. The summed E-state index contributed by atoms with van der Waals surface area (Å²) >= 11 is 0. The van der Waals surface area contributed by atoms with E-state index in [0.29, 0.717) is 13.0 Å². The van der Waals surface area contributed by atoms with Crippen molar-refractivity contribution in [3.05, 3.63) is 11.9 Å². The fourth-order valence-corrected chi connectivity index (χ4v) is 1.97. The molecule has 19 heavy (non-hydrogen) atoms. The van der Waals surface area contributed by atoms with Gasteiger partial charge >= 0.3 is 5.97 Å². The lowest BCUT2D eigenvalue weighted by molar-refractivity contribution is -0.143. The molecule has 0 aliphatic carbocycles. The second kappa shape index (κ2) is 8.56. The molecule has 108 valence electrons. The van der Waals surface area contributed by atoms with Crippen molar-refractivity contribution in [2.45, 2.75) is 46.0 Å². The highest BCUT2D eigenvalue weighted by molar-refractivity contribution is 5.69. The summed E-state index contributed by atoms with van der Waals surface area (Å²) in [6.45, 7) is 5.33. The Hall–Kier alpha value is -1.52. The highest BCUT2D eigenvalue weighted by Gasteiger charge is 2.04. The van der Waals surface area contributed by atoms with Crippen LogP contribution >= 0.6 is 0 Å². The number of nitrogens with zero attached hydrogens (tertiary/aromatic N) is 2. The summed E-state index contributed by atoms with van der Waals surface area (Å²) in [6, 6.07) is 0. The fourth-order valence-electron chi connectivity index (χ4n) is 1.97. The molecule has 5 nitrogen and oxygen atoms in total. The molecule has 0 amide bonds. The predicted molar refractivity (Wildman–Crippen MR) is 76.2 cm³/mol. The van der Waals surface area contributed by atoms with Crippen molar-refractivity contribution in [1.29, 1.82) is 0 Å². The maximum Gasteiger partial charge on any atom is 0.305 e. The number of carbonyl (C=O) groups excluding carboxylic acids is 1. The summed E-state index contributed by atoms with van der Waals surface area (Å²) in [6.07, 6.45) is 6.46. The number of carbonyl (C=O) groups is 1. The van der Waals surface area contributed by atoms with Gasteiger partial charge in [-0.15, -0.1) is 0 Å². The maximum absolute atomic E-state index is 11.1. The smallest absolute Gasteiger partial charge is 0.305 e. The lowest BCUT2D eigenvalue weighted by Crippen LogP contribution is -2.05. The van der Waals surface area contributed by atoms with E-state index in [9.17, 15) is 4.79 Å². The molecule has 0 spiro atoms. The van der Waals surface area contributed by atoms with Crippen molar-refractivity contribution in [2.75, 3.05) is 18.5 Å². The molecule has 0 bridgehead atoms. The second-order valence-electron chi connectivity index (χ2n) is 4.56. The number of hydrogen-bond donors (Lipinski definition) is 1. The van der Waals surface area contributed by atoms with Crippen molar-refractivity contribution >= 4 is 11.7 Å². The number of nitrogens with one attached hydrogen (secondary N) is 1. The number of hydrogen-bond acceptors (Lipinski definition) is 4. The van der Waals surface area contributed by atoms with Gasteiger partial charge in [-0.3, -0.25) is 9.48 Å². The average Bonchev–Trinajstić information content (AvgIpc) is 2.74. The Labute approximate surface area is 115 Å². The van der Waals surface area contributed by atoms with Crippen LogP contribution in [0.25, 0.3) is 0 Å². The number of rotatable bonds is 9. The normalized spacial score (nSPS) is 10.5. The standard InChI is InChI=1S/C14H25N3O2/c1-4-12-13(11-17(3)16-12)15-10-8-6-7-9-14(18)19-5-2/h11,15H,4-10H2,1-3H3. The first-order valence-electron chi connectivity index (χ1n) is 7.09. The Kier molecular flexibility index (Phi) is 7.00. The first-order valence-corrected chi connectivity index (χ1v) is 7.09. The quantitative estimate of drug-likeness (QED) is 0.552.